The summed E-state index contributed by atoms with van der Waals surface area (Å²) >= 11 is 0. The third kappa shape index (κ3) is 2.69. The highest BCUT2D eigenvalue weighted by molar-refractivity contribution is 6.03. The molecule has 1 aliphatic rings. The van der Waals surface area contributed by atoms with Gasteiger partial charge in [-0.05, 0) is 6.42 Å². The molecule has 2 rings (SSSR count). The summed E-state index contributed by atoms with van der Waals surface area (Å²) in [5.74, 6) is -0.306. The van der Waals surface area contributed by atoms with Crippen LogP contribution >= 0.6 is 0 Å². The molecule has 5 nitrogen and oxygen atoms in total. The molecule has 1 fully saturated rings. The maximum Gasteiger partial charge on any atom is 0.251 e. The summed E-state index contributed by atoms with van der Waals surface area (Å²) in [4.78, 5) is 26.6. The van der Waals surface area contributed by atoms with Crippen LogP contribution in [0.5, 0.6) is 0 Å². The number of amides is 2. The third-order valence-corrected chi connectivity index (χ3v) is 2.57. The Morgan fingerprint density at radius 1 is 1.29 bits per heavy atom. The van der Waals surface area contributed by atoms with Crippen LogP contribution < -0.4 is 11.1 Å². The summed E-state index contributed by atoms with van der Waals surface area (Å²) in [7, 11) is 0. The zero-order valence-electron chi connectivity index (χ0n) is 9.22. The van der Waals surface area contributed by atoms with E-state index in [2.05, 4.69) is 10.3 Å². The molecule has 0 aliphatic carbocycles. The van der Waals surface area contributed by atoms with Crippen molar-refractivity contribution >= 4 is 17.6 Å². The number of piperidine rings is 1. The molecule has 1 aromatic carbocycles. The van der Waals surface area contributed by atoms with Crippen LogP contribution in [0, 0.1) is 0 Å². The van der Waals surface area contributed by atoms with Gasteiger partial charge in [0.05, 0.1) is 0 Å². The van der Waals surface area contributed by atoms with E-state index in [-0.39, 0.29) is 11.8 Å². The predicted molar refractivity (Wildman–Crippen MR) is 63.3 cm³/mol. The van der Waals surface area contributed by atoms with Gasteiger partial charge in [0.15, 0.2) is 0 Å². The average Bonchev–Trinajstić information content (AvgIpc) is 2.34. The van der Waals surface area contributed by atoms with Crippen molar-refractivity contribution in [3.05, 3.63) is 35.9 Å². The molecule has 0 spiro atoms. The first-order chi connectivity index (χ1) is 8.16. The Kier molecular flexibility index (Phi) is 3.18. The molecule has 2 amide bonds. The van der Waals surface area contributed by atoms with Crippen LogP contribution in [0.4, 0.5) is 0 Å². The maximum absolute atomic E-state index is 11.5. The topological polar surface area (TPSA) is 84.5 Å². The first-order valence-electron chi connectivity index (χ1n) is 5.39. The lowest BCUT2D eigenvalue weighted by Gasteiger charge is -2.17. The summed E-state index contributed by atoms with van der Waals surface area (Å²) in [6.07, 6.45) is 0.722. The van der Waals surface area contributed by atoms with Crippen LogP contribution in [-0.2, 0) is 9.59 Å². The molecule has 3 N–H and O–H groups in total. The van der Waals surface area contributed by atoms with Gasteiger partial charge in [0.25, 0.3) is 5.91 Å². The molecule has 1 heterocycles. The Bertz CT molecular complexity index is 468. The zero-order valence-corrected chi connectivity index (χ0v) is 9.22. The number of carbonyl (C=O) groups is 2. The van der Waals surface area contributed by atoms with E-state index in [0.717, 1.165) is 5.56 Å². The number of benzene rings is 1. The molecule has 5 heteroatoms. The molecule has 88 valence electrons. The fourth-order valence-corrected chi connectivity index (χ4v) is 1.66. The maximum atomic E-state index is 11.5. The molecular weight excluding hydrogens is 218 g/mol. The molecule has 0 bridgehead atoms. The van der Waals surface area contributed by atoms with Crippen molar-refractivity contribution in [3.63, 3.8) is 0 Å². The summed E-state index contributed by atoms with van der Waals surface area (Å²) in [6.45, 7) is 0. The van der Waals surface area contributed by atoms with Gasteiger partial charge >= 0.3 is 0 Å². The van der Waals surface area contributed by atoms with E-state index >= 15 is 0 Å². The summed E-state index contributed by atoms with van der Waals surface area (Å²) in [6, 6.07) is 8.66. The lowest BCUT2D eigenvalue weighted by atomic mass is 10.1. The van der Waals surface area contributed by atoms with E-state index in [0.29, 0.717) is 18.7 Å². The summed E-state index contributed by atoms with van der Waals surface area (Å²) in [5, 5.41) is 2.25. The summed E-state index contributed by atoms with van der Waals surface area (Å²) < 4.78 is 0. The number of aliphatic imine (C=N–C) groups is 1. The molecule has 17 heavy (non-hydrogen) atoms. The predicted octanol–water partition coefficient (Wildman–Crippen LogP) is 0.197. The second kappa shape index (κ2) is 4.78. The molecule has 0 saturated carbocycles. The van der Waals surface area contributed by atoms with Gasteiger partial charge in [0, 0.05) is 12.0 Å². The minimum Gasteiger partial charge on any atom is -0.383 e. The smallest absolute Gasteiger partial charge is 0.251 e. The first-order valence-corrected chi connectivity index (χ1v) is 5.39. The molecule has 1 unspecified atom stereocenters. The standard InChI is InChI=1S/C12H13N3O2/c13-11(8-4-2-1-3-5-8)14-9-6-7-10(16)15-12(9)17/h1-5,9H,6-7H2,(H2,13,14)(H,15,16,17). The van der Waals surface area contributed by atoms with Crippen LogP contribution in [0.25, 0.3) is 0 Å². The normalized spacial score (nSPS) is 21.2. The van der Waals surface area contributed by atoms with Gasteiger partial charge in [0.1, 0.15) is 11.9 Å². The SMILES string of the molecule is NC(=NC1CCC(=O)NC1=O)c1ccccc1. The number of nitrogens with two attached hydrogens (primary N) is 1. The van der Waals surface area contributed by atoms with E-state index in [1.165, 1.54) is 0 Å². The van der Waals surface area contributed by atoms with Gasteiger partial charge in [-0.3, -0.25) is 19.9 Å². The second-order valence-corrected chi connectivity index (χ2v) is 3.85. The number of nitrogens with one attached hydrogen (secondary N) is 1. The Morgan fingerprint density at radius 2 is 2.00 bits per heavy atom. The minimum absolute atomic E-state index is 0.250. The van der Waals surface area contributed by atoms with Gasteiger partial charge < -0.3 is 5.73 Å². The highest BCUT2D eigenvalue weighted by atomic mass is 16.2. The van der Waals surface area contributed by atoms with Gasteiger partial charge in [-0.15, -0.1) is 0 Å². The number of nitrogens with zero attached hydrogens (tertiary/aromatic N) is 1. The van der Waals surface area contributed by atoms with Crippen LogP contribution in [0.3, 0.4) is 0 Å². The molecule has 1 aromatic rings. The van der Waals surface area contributed by atoms with Crippen molar-refractivity contribution in [1.82, 2.24) is 5.32 Å². The molecular formula is C12H13N3O2. The zero-order chi connectivity index (χ0) is 12.3. The molecule has 0 radical (unpaired) electrons. The Hall–Kier alpha value is -2.17. The minimum atomic E-state index is -0.562. The lowest BCUT2D eigenvalue weighted by Crippen LogP contribution is -2.43. The van der Waals surface area contributed by atoms with Crippen molar-refractivity contribution in [2.45, 2.75) is 18.9 Å². The summed E-state index contributed by atoms with van der Waals surface area (Å²) in [5.41, 5.74) is 6.58. The Labute approximate surface area is 98.7 Å². The second-order valence-electron chi connectivity index (χ2n) is 3.85. The number of hydrogen-bond donors (Lipinski definition) is 2. The lowest BCUT2D eigenvalue weighted by molar-refractivity contribution is -0.133. The van der Waals surface area contributed by atoms with Gasteiger partial charge in [-0.1, -0.05) is 30.3 Å². The Morgan fingerprint density at radius 3 is 2.65 bits per heavy atom. The fraction of sp³-hybridized carbons (Fsp3) is 0.250. The Balaban J connectivity index is 2.14. The van der Waals surface area contributed by atoms with Crippen molar-refractivity contribution in [2.75, 3.05) is 0 Å². The van der Waals surface area contributed by atoms with Crippen LogP contribution in [0.2, 0.25) is 0 Å². The van der Waals surface area contributed by atoms with Crippen molar-refractivity contribution in [3.8, 4) is 0 Å². The van der Waals surface area contributed by atoms with Gasteiger partial charge in [-0.2, -0.15) is 0 Å². The van der Waals surface area contributed by atoms with Crippen molar-refractivity contribution in [1.29, 1.82) is 0 Å². The van der Waals surface area contributed by atoms with E-state index < -0.39 is 6.04 Å². The number of hydrogen-bond acceptors (Lipinski definition) is 3. The number of imide groups is 1. The molecule has 1 atom stereocenters. The molecule has 0 aromatic heterocycles. The van der Waals surface area contributed by atoms with Crippen molar-refractivity contribution < 1.29 is 9.59 Å². The third-order valence-electron chi connectivity index (χ3n) is 2.57. The largest absolute Gasteiger partial charge is 0.383 e. The quantitative estimate of drug-likeness (QED) is 0.433. The fourth-order valence-electron chi connectivity index (χ4n) is 1.66. The van der Waals surface area contributed by atoms with Gasteiger partial charge in [0.2, 0.25) is 5.91 Å². The van der Waals surface area contributed by atoms with E-state index in [4.69, 9.17) is 5.73 Å². The van der Waals surface area contributed by atoms with Crippen LogP contribution in [0.1, 0.15) is 18.4 Å². The monoisotopic (exact) mass is 231 g/mol. The number of carbonyl (C=O) groups excluding carboxylic acids is 2. The van der Waals surface area contributed by atoms with Crippen LogP contribution in [-0.4, -0.2) is 23.7 Å². The molecule has 1 saturated heterocycles. The van der Waals surface area contributed by atoms with E-state index in [9.17, 15) is 9.59 Å². The van der Waals surface area contributed by atoms with E-state index in [1.54, 1.807) is 0 Å². The highest BCUT2D eigenvalue weighted by Gasteiger charge is 2.26. The van der Waals surface area contributed by atoms with E-state index in [1.807, 2.05) is 30.3 Å². The number of rotatable bonds is 2. The van der Waals surface area contributed by atoms with Gasteiger partial charge in [-0.25, -0.2) is 0 Å². The van der Waals surface area contributed by atoms with Crippen molar-refractivity contribution in [2.24, 2.45) is 10.7 Å². The highest BCUT2D eigenvalue weighted by Crippen LogP contribution is 2.09. The number of amidine groups is 1. The average molecular weight is 231 g/mol. The first kappa shape index (κ1) is 11.3. The molecule has 1 aliphatic heterocycles. The van der Waals surface area contributed by atoms with Crippen LogP contribution in [0.15, 0.2) is 35.3 Å².